The molecule has 2 heteroatoms. The molecule has 0 N–H and O–H groups in total. The zero-order valence-electron chi connectivity index (χ0n) is 11.3. The van der Waals surface area contributed by atoms with Crippen LogP contribution in [0.2, 0.25) is 0 Å². The summed E-state index contributed by atoms with van der Waals surface area (Å²) in [4.78, 5) is 0. The SMILES string of the molecule is CCCOC1(CC2=[C]([Sn])CC=C2)CC=CC=C1C. The molecule has 0 heterocycles. The molecule has 0 aromatic carbocycles. The third-order valence-electron chi connectivity index (χ3n) is 3.74. The van der Waals surface area contributed by atoms with Crippen molar-refractivity contribution in [2.75, 3.05) is 6.61 Å². The van der Waals surface area contributed by atoms with E-state index in [0.717, 1.165) is 32.3 Å². The Morgan fingerprint density at radius 2 is 2.22 bits per heavy atom. The standard InChI is InChI=1S/C16H21O.Sn/c1-3-12-17-16(11-7-6-8-14(16)2)13-15-9-4-5-10-15;/h4,6-9H,3,5,11-13H2,1-2H3;. The molecule has 0 aliphatic heterocycles. The van der Waals surface area contributed by atoms with Gasteiger partial charge in [-0.2, -0.15) is 0 Å². The molecule has 0 aromatic rings. The Labute approximate surface area is 124 Å². The van der Waals surface area contributed by atoms with Crippen LogP contribution < -0.4 is 0 Å². The Kier molecular flexibility index (Phi) is 4.90. The Balaban J connectivity index is 2.20. The van der Waals surface area contributed by atoms with Gasteiger partial charge in [-0.3, -0.25) is 0 Å². The van der Waals surface area contributed by atoms with Gasteiger partial charge in [0.25, 0.3) is 0 Å². The molecule has 18 heavy (non-hydrogen) atoms. The summed E-state index contributed by atoms with van der Waals surface area (Å²) >= 11 is 1.55. The molecule has 0 fully saturated rings. The molecule has 0 saturated carbocycles. The van der Waals surface area contributed by atoms with E-state index >= 15 is 0 Å². The van der Waals surface area contributed by atoms with Gasteiger partial charge < -0.3 is 0 Å². The van der Waals surface area contributed by atoms with Crippen LogP contribution in [0.4, 0.5) is 0 Å². The molecule has 0 spiro atoms. The van der Waals surface area contributed by atoms with Crippen LogP contribution in [0.5, 0.6) is 0 Å². The molecule has 0 saturated heterocycles. The monoisotopic (exact) mass is 349 g/mol. The second kappa shape index (κ2) is 6.25. The van der Waals surface area contributed by atoms with Gasteiger partial charge in [-0.15, -0.1) is 0 Å². The molecule has 95 valence electrons. The van der Waals surface area contributed by atoms with Gasteiger partial charge in [0.2, 0.25) is 0 Å². The summed E-state index contributed by atoms with van der Waals surface area (Å²) in [6, 6.07) is 0. The van der Waals surface area contributed by atoms with E-state index in [4.69, 9.17) is 4.74 Å². The Morgan fingerprint density at radius 3 is 2.83 bits per heavy atom. The fourth-order valence-electron chi connectivity index (χ4n) is 2.54. The van der Waals surface area contributed by atoms with E-state index in [-0.39, 0.29) is 5.60 Å². The van der Waals surface area contributed by atoms with Gasteiger partial charge in [-0.1, -0.05) is 0 Å². The second-order valence-corrected chi connectivity index (χ2v) is 6.83. The number of allylic oxidation sites excluding steroid dienone is 5. The van der Waals surface area contributed by atoms with Gasteiger partial charge in [0.15, 0.2) is 0 Å². The predicted molar refractivity (Wildman–Crippen MR) is 77.6 cm³/mol. The molecule has 1 atom stereocenters. The number of ether oxygens (including phenoxy) is 1. The summed E-state index contributed by atoms with van der Waals surface area (Å²) in [6.07, 6.45) is 15.5. The summed E-state index contributed by atoms with van der Waals surface area (Å²) in [5, 5.41) is 0. The fourth-order valence-corrected chi connectivity index (χ4v) is 3.37. The second-order valence-electron chi connectivity index (χ2n) is 5.11. The first kappa shape index (κ1) is 14.1. The van der Waals surface area contributed by atoms with Crippen molar-refractivity contribution >= 4 is 22.5 Å². The van der Waals surface area contributed by atoms with Crippen molar-refractivity contribution in [3.63, 3.8) is 0 Å². The molecule has 0 amide bonds. The van der Waals surface area contributed by atoms with Crippen molar-refractivity contribution in [1.82, 2.24) is 0 Å². The minimum atomic E-state index is -0.0868. The third kappa shape index (κ3) is 3.00. The summed E-state index contributed by atoms with van der Waals surface area (Å²) < 4.78 is 7.85. The summed E-state index contributed by atoms with van der Waals surface area (Å²) in [7, 11) is 0. The van der Waals surface area contributed by atoms with Crippen LogP contribution in [0.1, 0.15) is 39.5 Å². The predicted octanol–water partition coefficient (Wildman–Crippen LogP) is 3.83. The first-order chi connectivity index (χ1) is 8.68. The van der Waals surface area contributed by atoms with Crippen LogP contribution in [-0.4, -0.2) is 34.7 Å². The molecule has 1 unspecified atom stereocenters. The van der Waals surface area contributed by atoms with Crippen molar-refractivity contribution < 1.29 is 4.74 Å². The first-order valence-corrected chi connectivity index (χ1v) is 8.19. The van der Waals surface area contributed by atoms with Crippen LogP contribution in [0.15, 0.2) is 45.1 Å². The van der Waals surface area contributed by atoms with Crippen molar-refractivity contribution in [1.29, 1.82) is 0 Å². The number of hydrogen-bond acceptors (Lipinski definition) is 1. The Morgan fingerprint density at radius 1 is 1.39 bits per heavy atom. The molecular weight excluding hydrogens is 327 g/mol. The molecule has 0 bridgehead atoms. The first-order valence-electron chi connectivity index (χ1n) is 6.76. The summed E-state index contributed by atoms with van der Waals surface area (Å²) in [5.41, 5.74) is 2.79. The van der Waals surface area contributed by atoms with Crippen LogP contribution in [0.3, 0.4) is 0 Å². The minimum absolute atomic E-state index is 0.0868. The Hall–Kier alpha value is -0.281. The zero-order chi connectivity index (χ0) is 13.0. The summed E-state index contributed by atoms with van der Waals surface area (Å²) in [6.45, 7) is 5.24. The van der Waals surface area contributed by atoms with E-state index in [2.05, 4.69) is 44.2 Å². The maximum absolute atomic E-state index is 6.26. The molecule has 2 aliphatic carbocycles. The average molecular weight is 348 g/mol. The van der Waals surface area contributed by atoms with E-state index in [1.165, 1.54) is 11.1 Å². The van der Waals surface area contributed by atoms with Gasteiger partial charge in [-0.25, -0.2) is 0 Å². The van der Waals surface area contributed by atoms with Crippen molar-refractivity contribution in [3.8, 4) is 0 Å². The topological polar surface area (TPSA) is 9.23 Å². The van der Waals surface area contributed by atoms with Gasteiger partial charge in [-0.05, 0) is 0 Å². The third-order valence-corrected chi connectivity index (χ3v) is 5.23. The quantitative estimate of drug-likeness (QED) is 0.687. The van der Waals surface area contributed by atoms with Crippen LogP contribution in [0, 0.1) is 0 Å². The van der Waals surface area contributed by atoms with Crippen molar-refractivity contribution in [2.24, 2.45) is 0 Å². The van der Waals surface area contributed by atoms with Crippen LogP contribution >= 0.6 is 0 Å². The van der Waals surface area contributed by atoms with Gasteiger partial charge >= 0.3 is 124 Å². The van der Waals surface area contributed by atoms with Gasteiger partial charge in [0, 0.05) is 0 Å². The van der Waals surface area contributed by atoms with E-state index in [0.29, 0.717) is 0 Å². The maximum atomic E-state index is 6.26. The van der Waals surface area contributed by atoms with Crippen molar-refractivity contribution in [3.05, 3.63) is 45.1 Å². The average Bonchev–Trinajstić information content (AvgIpc) is 2.76. The van der Waals surface area contributed by atoms with Crippen LogP contribution in [0.25, 0.3) is 0 Å². The summed E-state index contributed by atoms with van der Waals surface area (Å²) in [5.74, 6) is 0. The van der Waals surface area contributed by atoms with E-state index in [9.17, 15) is 0 Å². The van der Waals surface area contributed by atoms with E-state index < -0.39 is 0 Å². The molecule has 0 aromatic heterocycles. The molecule has 1 nitrogen and oxygen atoms in total. The molecule has 2 rings (SSSR count). The number of rotatable bonds is 5. The Bertz CT molecular complexity index is 428. The van der Waals surface area contributed by atoms with Crippen LogP contribution in [-0.2, 0) is 4.74 Å². The normalized spacial score (nSPS) is 26.9. The van der Waals surface area contributed by atoms with Gasteiger partial charge in [0.1, 0.15) is 0 Å². The van der Waals surface area contributed by atoms with E-state index in [1.54, 1.807) is 26.1 Å². The van der Waals surface area contributed by atoms with Crippen molar-refractivity contribution in [2.45, 2.75) is 45.1 Å². The number of hydrogen-bond donors (Lipinski definition) is 0. The van der Waals surface area contributed by atoms with E-state index in [1.807, 2.05) is 0 Å². The molecule has 3 radical (unpaired) electrons. The zero-order valence-corrected chi connectivity index (χ0v) is 14.2. The molecule has 2 aliphatic rings. The fraction of sp³-hybridized carbons (Fsp3) is 0.500. The van der Waals surface area contributed by atoms with Gasteiger partial charge in [0.05, 0.1) is 0 Å². The molecular formula is C16H21OSn.